The van der Waals surface area contributed by atoms with Crippen LogP contribution in [0.25, 0.3) is 0 Å². The van der Waals surface area contributed by atoms with Crippen molar-refractivity contribution >= 4 is 11.8 Å². The molecule has 7 heteroatoms. The monoisotopic (exact) mass is 344 g/mol. The zero-order valence-corrected chi connectivity index (χ0v) is 14.5. The molecule has 1 N–H and O–H groups in total. The number of aryl methyl sites for hydroxylation is 1. The summed E-state index contributed by atoms with van der Waals surface area (Å²) in [5.74, 6) is 1.87. The van der Waals surface area contributed by atoms with E-state index in [1.54, 1.807) is 6.92 Å². The number of amides is 2. The van der Waals surface area contributed by atoms with Crippen LogP contribution in [0.1, 0.15) is 56.7 Å². The number of nitrogens with zero attached hydrogens (tertiary/aromatic N) is 3. The number of nitrogens with one attached hydrogen (secondary N) is 1. The van der Waals surface area contributed by atoms with E-state index in [9.17, 15) is 9.59 Å². The maximum atomic E-state index is 13.5. The maximum absolute atomic E-state index is 13.5. The lowest BCUT2D eigenvalue weighted by Crippen LogP contribution is -2.56. The normalized spacial score (nSPS) is 39.6. The largest absolute Gasteiger partial charge is 0.423 e. The van der Waals surface area contributed by atoms with E-state index in [0.29, 0.717) is 24.1 Å². The predicted octanol–water partition coefficient (Wildman–Crippen LogP) is 1.52. The van der Waals surface area contributed by atoms with Crippen LogP contribution in [0.2, 0.25) is 0 Å². The highest BCUT2D eigenvalue weighted by molar-refractivity contribution is 5.88. The lowest BCUT2D eigenvalue weighted by molar-refractivity contribution is -0.149. The second-order valence-electron chi connectivity index (χ2n) is 8.31. The summed E-state index contributed by atoms with van der Waals surface area (Å²) in [5.41, 5.74) is -0.416. The van der Waals surface area contributed by atoms with Gasteiger partial charge in [0.2, 0.25) is 23.6 Å². The van der Waals surface area contributed by atoms with Crippen LogP contribution in [0, 0.1) is 24.7 Å². The topological polar surface area (TPSA) is 88.3 Å². The first-order chi connectivity index (χ1) is 12.1. The Balaban J connectivity index is 1.44. The molecule has 3 saturated heterocycles. The van der Waals surface area contributed by atoms with Crippen molar-refractivity contribution in [2.45, 2.75) is 63.5 Å². The fourth-order valence-corrected chi connectivity index (χ4v) is 5.66. The molecule has 134 valence electrons. The summed E-state index contributed by atoms with van der Waals surface area (Å²) in [4.78, 5) is 27.6. The number of piperidine rings is 1. The van der Waals surface area contributed by atoms with Crippen molar-refractivity contribution in [3.8, 4) is 0 Å². The summed E-state index contributed by atoms with van der Waals surface area (Å²) in [6, 6.07) is 0.170. The van der Waals surface area contributed by atoms with Gasteiger partial charge in [-0.15, -0.1) is 10.2 Å². The van der Waals surface area contributed by atoms with Gasteiger partial charge in [0.25, 0.3) is 0 Å². The fourth-order valence-electron chi connectivity index (χ4n) is 5.66. The van der Waals surface area contributed by atoms with E-state index in [2.05, 4.69) is 15.5 Å². The van der Waals surface area contributed by atoms with Crippen LogP contribution in [0.5, 0.6) is 0 Å². The van der Waals surface area contributed by atoms with Crippen LogP contribution in [0.3, 0.4) is 0 Å². The van der Waals surface area contributed by atoms with Gasteiger partial charge < -0.3 is 14.6 Å². The van der Waals surface area contributed by atoms with Crippen molar-refractivity contribution in [2.24, 2.45) is 17.8 Å². The molecule has 0 aromatic carbocycles. The molecule has 2 amide bonds. The molecule has 2 aliphatic carbocycles. The van der Waals surface area contributed by atoms with E-state index in [1.807, 2.05) is 4.90 Å². The smallest absolute Gasteiger partial charge is 0.242 e. The van der Waals surface area contributed by atoms with Crippen LogP contribution in [0.4, 0.5) is 0 Å². The Labute approximate surface area is 146 Å². The highest BCUT2D eigenvalue weighted by atomic mass is 16.4. The summed E-state index contributed by atoms with van der Waals surface area (Å²) in [6.07, 6.45) is 6.46. The van der Waals surface area contributed by atoms with Crippen LogP contribution in [-0.2, 0) is 15.1 Å². The molecule has 5 fully saturated rings. The molecular formula is C18H24N4O3. The Hall–Kier alpha value is -1.92. The van der Waals surface area contributed by atoms with E-state index >= 15 is 0 Å². The Morgan fingerprint density at radius 1 is 1.28 bits per heavy atom. The number of rotatable bonds is 2. The van der Waals surface area contributed by atoms with Crippen molar-refractivity contribution < 1.29 is 14.0 Å². The maximum Gasteiger partial charge on any atom is 0.242 e. The van der Waals surface area contributed by atoms with Gasteiger partial charge in [-0.3, -0.25) is 9.59 Å². The van der Waals surface area contributed by atoms with Gasteiger partial charge in [0.15, 0.2) is 0 Å². The Kier molecular flexibility index (Phi) is 3.24. The third-order valence-electron chi connectivity index (χ3n) is 6.81. The van der Waals surface area contributed by atoms with E-state index in [-0.39, 0.29) is 29.7 Å². The van der Waals surface area contributed by atoms with E-state index in [4.69, 9.17) is 4.42 Å². The van der Waals surface area contributed by atoms with Crippen LogP contribution in [0.15, 0.2) is 4.42 Å². The number of carbonyl (C=O) groups excluding carboxylic acids is 2. The van der Waals surface area contributed by atoms with Gasteiger partial charge in [-0.25, -0.2) is 0 Å². The summed E-state index contributed by atoms with van der Waals surface area (Å²) in [5, 5.41) is 11.3. The van der Waals surface area contributed by atoms with E-state index in [0.717, 1.165) is 45.1 Å². The lowest BCUT2D eigenvalue weighted by Gasteiger charge is -2.44. The van der Waals surface area contributed by atoms with Crippen molar-refractivity contribution in [3.05, 3.63) is 11.8 Å². The average molecular weight is 344 g/mol. The van der Waals surface area contributed by atoms with Crippen LogP contribution < -0.4 is 5.32 Å². The number of hydrogen-bond donors (Lipinski definition) is 1. The second kappa shape index (κ2) is 5.29. The molecule has 5 aliphatic rings. The molecular weight excluding hydrogens is 320 g/mol. The first-order valence-electron chi connectivity index (χ1n) is 9.48. The Morgan fingerprint density at radius 3 is 2.84 bits per heavy atom. The molecule has 6 rings (SSSR count). The first-order valence-corrected chi connectivity index (χ1v) is 9.48. The zero-order chi connectivity index (χ0) is 17.2. The minimum atomic E-state index is -0.416. The molecule has 7 nitrogen and oxygen atoms in total. The molecule has 2 bridgehead atoms. The molecule has 0 spiro atoms. The number of aromatic nitrogens is 2. The summed E-state index contributed by atoms with van der Waals surface area (Å²) >= 11 is 0. The lowest BCUT2D eigenvalue weighted by atomic mass is 9.70. The van der Waals surface area contributed by atoms with Gasteiger partial charge in [0.1, 0.15) is 5.54 Å². The average Bonchev–Trinajstić information content (AvgIpc) is 3.25. The van der Waals surface area contributed by atoms with Crippen molar-refractivity contribution in [3.63, 3.8) is 0 Å². The van der Waals surface area contributed by atoms with Gasteiger partial charge in [-0.2, -0.15) is 0 Å². The van der Waals surface area contributed by atoms with Gasteiger partial charge in [-0.1, -0.05) is 12.8 Å². The predicted molar refractivity (Wildman–Crippen MR) is 87.1 cm³/mol. The standard InChI is InChI=1S/C18H24N4O3/c1-10-20-21-17(25-10)18-7-11(8-18)9-22(18)16(24)13-6-15(23)19-14-5-3-2-4-12(13)14/h11-14H,2-9H2,1H3,(H,19,23). The molecule has 25 heavy (non-hydrogen) atoms. The minimum absolute atomic E-state index is 0.0238. The quantitative estimate of drug-likeness (QED) is 0.879. The molecule has 3 atom stereocenters. The van der Waals surface area contributed by atoms with Crippen LogP contribution in [-0.4, -0.2) is 39.5 Å². The molecule has 3 aliphatic heterocycles. The zero-order valence-electron chi connectivity index (χ0n) is 14.5. The number of hydrogen-bond acceptors (Lipinski definition) is 5. The summed E-state index contributed by atoms with van der Waals surface area (Å²) < 4.78 is 5.71. The van der Waals surface area contributed by atoms with Crippen molar-refractivity contribution in [1.82, 2.24) is 20.4 Å². The van der Waals surface area contributed by atoms with Gasteiger partial charge in [0, 0.05) is 25.9 Å². The number of fused-ring (bicyclic) bond motifs is 2. The molecule has 3 unspecified atom stereocenters. The fraction of sp³-hybridized carbons (Fsp3) is 0.778. The van der Waals surface area contributed by atoms with Gasteiger partial charge in [0.05, 0.1) is 5.92 Å². The molecule has 0 radical (unpaired) electrons. The third-order valence-corrected chi connectivity index (χ3v) is 6.81. The van der Waals surface area contributed by atoms with Crippen molar-refractivity contribution in [2.75, 3.05) is 6.54 Å². The minimum Gasteiger partial charge on any atom is -0.423 e. The first kappa shape index (κ1) is 15.3. The number of carbonyl (C=O) groups is 2. The molecule has 4 heterocycles. The van der Waals surface area contributed by atoms with Gasteiger partial charge >= 0.3 is 0 Å². The Morgan fingerprint density at radius 2 is 2.08 bits per heavy atom. The van der Waals surface area contributed by atoms with E-state index < -0.39 is 5.54 Å². The SMILES string of the molecule is Cc1nnc(C23CC(CN2C(=O)C2CC(=O)NC4CCCCC42)C3)o1. The molecule has 1 aromatic rings. The third kappa shape index (κ3) is 2.17. The molecule has 1 aromatic heterocycles. The summed E-state index contributed by atoms with van der Waals surface area (Å²) in [7, 11) is 0. The van der Waals surface area contributed by atoms with E-state index in [1.165, 1.54) is 0 Å². The highest BCUT2D eigenvalue weighted by Gasteiger charge is 2.63. The Bertz CT molecular complexity index is 724. The highest BCUT2D eigenvalue weighted by Crippen LogP contribution is 2.57. The van der Waals surface area contributed by atoms with Gasteiger partial charge in [-0.05, 0) is 37.5 Å². The second-order valence-corrected chi connectivity index (χ2v) is 8.31. The van der Waals surface area contributed by atoms with Crippen molar-refractivity contribution in [1.29, 1.82) is 0 Å². The molecule has 2 saturated carbocycles. The van der Waals surface area contributed by atoms with Crippen LogP contribution >= 0.6 is 0 Å². The summed E-state index contributed by atoms with van der Waals surface area (Å²) in [6.45, 7) is 2.54.